The van der Waals surface area contributed by atoms with E-state index < -0.39 is 17.7 Å². The lowest BCUT2D eigenvalue weighted by atomic mass is 9.95. The van der Waals surface area contributed by atoms with E-state index >= 15 is 0 Å². The van der Waals surface area contributed by atoms with Crippen LogP contribution >= 0.6 is 11.3 Å². The van der Waals surface area contributed by atoms with Crippen molar-refractivity contribution in [2.24, 2.45) is 0 Å². The highest BCUT2D eigenvalue weighted by atomic mass is 32.1. The van der Waals surface area contributed by atoms with Crippen LogP contribution in [-0.4, -0.2) is 35.5 Å². The van der Waals surface area contributed by atoms with E-state index in [2.05, 4.69) is 0 Å². The number of hydrogen-bond donors (Lipinski definition) is 1. The fraction of sp³-hybridized carbons (Fsp3) is 0.207. The SMILES string of the molecule is CCOc1ccc([C@H]2/C(=C(\O)c3ccc(OC)cc3)C(=O)C(=O)N2c2nc3c(C)cc(C)cc3s2)cc1. The summed E-state index contributed by atoms with van der Waals surface area (Å²) in [5.74, 6) is -0.470. The van der Waals surface area contributed by atoms with Gasteiger partial charge in [-0.1, -0.05) is 29.5 Å². The smallest absolute Gasteiger partial charge is 0.301 e. The van der Waals surface area contributed by atoms with E-state index in [0.29, 0.717) is 34.4 Å². The van der Waals surface area contributed by atoms with Crippen molar-refractivity contribution in [1.29, 1.82) is 0 Å². The number of Topliss-reactive ketones (excluding diaryl/α,β-unsaturated/α-hetero) is 1. The Morgan fingerprint density at radius 2 is 1.70 bits per heavy atom. The van der Waals surface area contributed by atoms with Crippen LogP contribution in [0.4, 0.5) is 5.13 Å². The van der Waals surface area contributed by atoms with E-state index in [1.165, 1.54) is 16.2 Å². The number of amides is 1. The number of thiazole rings is 1. The first-order valence-corrected chi connectivity index (χ1v) is 12.7. The summed E-state index contributed by atoms with van der Waals surface area (Å²) < 4.78 is 11.7. The Hall–Kier alpha value is -4.17. The molecule has 0 radical (unpaired) electrons. The van der Waals surface area contributed by atoms with Crippen LogP contribution in [0.15, 0.2) is 66.2 Å². The third kappa shape index (κ3) is 4.34. The highest BCUT2D eigenvalue weighted by Gasteiger charge is 2.48. The van der Waals surface area contributed by atoms with Gasteiger partial charge in [-0.2, -0.15) is 0 Å². The maximum Gasteiger partial charge on any atom is 0.301 e. The normalized spacial score (nSPS) is 17.0. The summed E-state index contributed by atoms with van der Waals surface area (Å²) in [4.78, 5) is 33.1. The molecule has 0 saturated carbocycles. The standard InChI is InChI=1S/C29H26N2O5S/c1-5-36-21-12-6-18(7-13-21)25-23(26(32)19-8-10-20(35-4)11-9-19)27(33)28(34)31(25)29-30-24-17(3)14-16(2)15-22(24)37-29/h6-15,25,32H,5H2,1-4H3/b26-23+/t25-/m0/s1. The predicted molar refractivity (Wildman–Crippen MR) is 144 cm³/mol. The van der Waals surface area contributed by atoms with Gasteiger partial charge in [-0.15, -0.1) is 0 Å². The number of benzene rings is 3. The highest BCUT2D eigenvalue weighted by molar-refractivity contribution is 7.22. The van der Waals surface area contributed by atoms with Gasteiger partial charge >= 0.3 is 5.91 Å². The van der Waals surface area contributed by atoms with E-state index in [1.54, 1.807) is 55.6 Å². The zero-order chi connectivity index (χ0) is 26.3. The molecule has 4 aromatic rings. The van der Waals surface area contributed by atoms with Gasteiger partial charge in [0.15, 0.2) is 5.13 Å². The molecule has 188 valence electrons. The second-order valence-corrected chi connectivity index (χ2v) is 9.83. The number of carbonyl (C=O) groups is 2. The summed E-state index contributed by atoms with van der Waals surface area (Å²) in [5, 5.41) is 11.7. The monoisotopic (exact) mass is 514 g/mol. The van der Waals surface area contributed by atoms with Gasteiger partial charge in [-0.05, 0) is 79.9 Å². The number of aryl methyl sites for hydroxylation is 2. The Bertz CT molecular complexity index is 1540. The molecule has 1 amide bonds. The van der Waals surface area contributed by atoms with Gasteiger partial charge < -0.3 is 14.6 Å². The topological polar surface area (TPSA) is 89.0 Å². The van der Waals surface area contributed by atoms with Gasteiger partial charge in [0, 0.05) is 5.56 Å². The highest BCUT2D eigenvalue weighted by Crippen LogP contribution is 2.45. The van der Waals surface area contributed by atoms with Crippen molar-refractivity contribution in [1.82, 2.24) is 4.98 Å². The lowest BCUT2D eigenvalue weighted by Gasteiger charge is -2.23. The van der Waals surface area contributed by atoms with Crippen LogP contribution in [0.1, 0.15) is 35.2 Å². The van der Waals surface area contributed by atoms with Crippen molar-refractivity contribution in [2.75, 3.05) is 18.6 Å². The molecule has 0 bridgehead atoms. The molecular formula is C29H26N2O5S. The molecular weight excluding hydrogens is 488 g/mol. The van der Waals surface area contributed by atoms with Crippen molar-refractivity contribution < 1.29 is 24.2 Å². The van der Waals surface area contributed by atoms with Crippen molar-refractivity contribution in [2.45, 2.75) is 26.8 Å². The largest absolute Gasteiger partial charge is 0.507 e. The fourth-order valence-electron chi connectivity index (χ4n) is 4.62. The molecule has 1 N–H and O–H groups in total. The number of ether oxygens (including phenoxy) is 2. The lowest BCUT2D eigenvalue weighted by molar-refractivity contribution is -0.132. The van der Waals surface area contributed by atoms with Crippen LogP contribution in [0, 0.1) is 13.8 Å². The molecule has 5 rings (SSSR count). The summed E-state index contributed by atoms with van der Waals surface area (Å²) in [6.07, 6.45) is 0. The number of rotatable bonds is 6. The Morgan fingerprint density at radius 3 is 2.35 bits per heavy atom. The maximum atomic E-state index is 13.5. The number of aliphatic hydroxyl groups excluding tert-OH is 1. The minimum Gasteiger partial charge on any atom is -0.507 e. The molecule has 0 unspecified atom stereocenters. The van der Waals surface area contributed by atoms with Crippen molar-refractivity contribution >= 4 is 44.1 Å². The number of ketones is 1. The first-order valence-electron chi connectivity index (χ1n) is 11.9. The van der Waals surface area contributed by atoms with Gasteiger partial charge in [0.25, 0.3) is 5.78 Å². The second-order valence-electron chi connectivity index (χ2n) is 8.82. The number of aliphatic hydroxyl groups is 1. The predicted octanol–water partition coefficient (Wildman–Crippen LogP) is 5.95. The molecule has 1 atom stereocenters. The van der Waals surface area contributed by atoms with E-state index in [1.807, 2.05) is 32.9 Å². The molecule has 0 spiro atoms. The van der Waals surface area contributed by atoms with Crippen LogP contribution < -0.4 is 14.4 Å². The molecule has 0 aliphatic carbocycles. The third-order valence-electron chi connectivity index (χ3n) is 6.34. The van der Waals surface area contributed by atoms with Crippen LogP contribution in [0.3, 0.4) is 0 Å². The second kappa shape index (κ2) is 9.71. The van der Waals surface area contributed by atoms with Crippen LogP contribution in [0.25, 0.3) is 16.0 Å². The van der Waals surface area contributed by atoms with Gasteiger partial charge in [0.05, 0.1) is 35.5 Å². The Morgan fingerprint density at radius 1 is 1.03 bits per heavy atom. The number of fused-ring (bicyclic) bond motifs is 1. The van der Waals surface area contributed by atoms with Crippen molar-refractivity contribution in [3.63, 3.8) is 0 Å². The third-order valence-corrected chi connectivity index (χ3v) is 7.34. The van der Waals surface area contributed by atoms with Gasteiger partial charge in [-0.25, -0.2) is 4.98 Å². The number of aromatic nitrogens is 1. The average Bonchev–Trinajstić information content (AvgIpc) is 3.43. The molecule has 1 aliphatic rings. The number of hydrogen-bond acceptors (Lipinski definition) is 7. The van der Waals surface area contributed by atoms with Gasteiger partial charge in [0.1, 0.15) is 17.3 Å². The molecule has 1 saturated heterocycles. The summed E-state index contributed by atoms with van der Waals surface area (Å²) >= 11 is 1.35. The zero-order valence-electron chi connectivity index (χ0n) is 20.9. The van der Waals surface area contributed by atoms with Crippen LogP contribution in [-0.2, 0) is 9.59 Å². The van der Waals surface area contributed by atoms with Gasteiger partial charge in [0.2, 0.25) is 0 Å². The zero-order valence-corrected chi connectivity index (χ0v) is 21.8. The first kappa shape index (κ1) is 24.5. The molecule has 2 heterocycles. The quantitative estimate of drug-likeness (QED) is 0.194. The molecule has 8 heteroatoms. The number of nitrogens with zero attached hydrogens (tertiary/aromatic N) is 2. The Balaban J connectivity index is 1.70. The summed E-state index contributed by atoms with van der Waals surface area (Å²) in [6, 6.07) is 17.1. The average molecular weight is 515 g/mol. The first-order chi connectivity index (χ1) is 17.8. The minimum atomic E-state index is -0.861. The Kier molecular flexibility index (Phi) is 6.43. The Labute approximate surface area is 218 Å². The molecule has 1 aliphatic heterocycles. The minimum absolute atomic E-state index is 0.00600. The van der Waals surface area contributed by atoms with E-state index in [-0.39, 0.29) is 11.3 Å². The van der Waals surface area contributed by atoms with E-state index in [0.717, 1.165) is 21.3 Å². The molecule has 7 nitrogen and oxygen atoms in total. The molecule has 3 aromatic carbocycles. The van der Waals surface area contributed by atoms with Crippen LogP contribution in [0.5, 0.6) is 11.5 Å². The maximum absolute atomic E-state index is 13.5. The summed E-state index contributed by atoms with van der Waals surface area (Å²) in [6.45, 7) is 6.39. The summed E-state index contributed by atoms with van der Waals surface area (Å²) in [7, 11) is 1.55. The number of anilines is 1. The molecule has 1 aromatic heterocycles. The van der Waals surface area contributed by atoms with Crippen molar-refractivity contribution in [3.8, 4) is 11.5 Å². The number of methoxy groups -OCH3 is 1. The molecule has 37 heavy (non-hydrogen) atoms. The van der Waals surface area contributed by atoms with E-state index in [9.17, 15) is 14.7 Å². The van der Waals surface area contributed by atoms with Crippen molar-refractivity contribution in [3.05, 3.63) is 88.5 Å². The lowest BCUT2D eigenvalue weighted by Crippen LogP contribution is -2.29. The van der Waals surface area contributed by atoms with Gasteiger partial charge in [-0.3, -0.25) is 14.5 Å². The number of carbonyl (C=O) groups excluding carboxylic acids is 2. The van der Waals surface area contributed by atoms with E-state index in [4.69, 9.17) is 14.5 Å². The summed E-state index contributed by atoms with van der Waals surface area (Å²) in [5.41, 5.74) is 3.93. The molecule has 1 fully saturated rings. The fourth-order valence-corrected chi connectivity index (χ4v) is 5.79. The van der Waals surface area contributed by atoms with Crippen LogP contribution in [0.2, 0.25) is 0 Å².